The predicted molar refractivity (Wildman–Crippen MR) is 148 cm³/mol. The number of para-hydroxylation sites is 2. The van der Waals surface area contributed by atoms with Gasteiger partial charge in [0.05, 0.1) is 11.2 Å². The average molecular weight is 475 g/mol. The number of pyridine rings is 1. The van der Waals surface area contributed by atoms with E-state index in [0.717, 1.165) is 63.8 Å². The number of carbonyl (C=O) groups excluding carboxylic acids is 1. The SMILES string of the molecule is CCc1cccc(N2CC(c3nc(C(=O)Nc4c(C)cccc4C)cc4c3[nH]c3ccccc34)C2)c1. The first-order chi connectivity index (χ1) is 17.5. The van der Waals surface area contributed by atoms with E-state index < -0.39 is 0 Å². The van der Waals surface area contributed by atoms with Crippen LogP contribution in [0.2, 0.25) is 0 Å². The quantitative estimate of drug-likeness (QED) is 0.296. The van der Waals surface area contributed by atoms with E-state index in [1.165, 1.54) is 11.3 Å². The Morgan fingerprint density at radius 2 is 1.72 bits per heavy atom. The molecule has 5 nitrogen and oxygen atoms in total. The summed E-state index contributed by atoms with van der Waals surface area (Å²) in [4.78, 5) is 24.4. The number of aromatic amines is 1. The van der Waals surface area contributed by atoms with E-state index in [2.05, 4.69) is 58.5 Å². The number of benzene rings is 3. The molecule has 3 heterocycles. The van der Waals surface area contributed by atoms with Crippen LogP contribution in [0, 0.1) is 13.8 Å². The second-order valence-electron chi connectivity index (χ2n) is 9.83. The third-order valence-electron chi connectivity index (χ3n) is 7.43. The van der Waals surface area contributed by atoms with Gasteiger partial charge in [-0.3, -0.25) is 4.79 Å². The van der Waals surface area contributed by atoms with Gasteiger partial charge in [-0.25, -0.2) is 4.98 Å². The van der Waals surface area contributed by atoms with Crippen molar-refractivity contribution in [3.63, 3.8) is 0 Å². The van der Waals surface area contributed by atoms with E-state index in [1.807, 2.05) is 50.2 Å². The van der Waals surface area contributed by atoms with Crippen LogP contribution in [0.1, 0.15) is 45.7 Å². The fourth-order valence-electron chi connectivity index (χ4n) is 5.31. The Kier molecular flexibility index (Phi) is 5.48. The Bertz CT molecular complexity index is 1590. The summed E-state index contributed by atoms with van der Waals surface area (Å²) in [7, 11) is 0. The van der Waals surface area contributed by atoms with Crippen molar-refractivity contribution in [2.45, 2.75) is 33.1 Å². The van der Waals surface area contributed by atoms with Crippen LogP contribution >= 0.6 is 0 Å². The number of H-pyrrole nitrogens is 1. The summed E-state index contributed by atoms with van der Waals surface area (Å²) in [6.07, 6.45) is 1.03. The van der Waals surface area contributed by atoms with E-state index >= 15 is 0 Å². The first-order valence-electron chi connectivity index (χ1n) is 12.6. The van der Waals surface area contributed by atoms with Crippen molar-refractivity contribution in [2.24, 2.45) is 0 Å². The summed E-state index contributed by atoms with van der Waals surface area (Å²) in [5.74, 6) is 0.0754. The maximum atomic E-state index is 13.5. The molecular weight excluding hydrogens is 444 g/mol. The summed E-state index contributed by atoms with van der Waals surface area (Å²) in [5, 5.41) is 5.29. The maximum absolute atomic E-state index is 13.5. The number of amides is 1. The van der Waals surface area contributed by atoms with Crippen LogP contribution < -0.4 is 10.2 Å². The van der Waals surface area contributed by atoms with Crippen LogP contribution in [-0.4, -0.2) is 29.0 Å². The molecular formula is C31H30N4O. The van der Waals surface area contributed by atoms with Gasteiger partial charge < -0.3 is 15.2 Å². The van der Waals surface area contributed by atoms with Crippen molar-refractivity contribution < 1.29 is 4.79 Å². The van der Waals surface area contributed by atoms with Gasteiger partial charge >= 0.3 is 0 Å². The molecule has 3 aromatic carbocycles. The minimum absolute atomic E-state index is 0.173. The zero-order valence-corrected chi connectivity index (χ0v) is 20.9. The number of nitrogens with one attached hydrogen (secondary N) is 2. The Morgan fingerprint density at radius 3 is 2.50 bits per heavy atom. The van der Waals surface area contributed by atoms with Gasteiger partial charge in [0, 0.05) is 46.7 Å². The molecule has 180 valence electrons. The lowest BCUT2D eigenvalue weighted by Gasteiger charge is -2.41. The number of aryl methyl sites for hydroxylation is 3. The second kappa shape index (κ2) is 8.83. The fraction of sp³-hybridized carbons (Fsp3) is 0.226. The Balaban J connectivity index is 1.38. The molecule has 0 unspecified atom stereocenters. The molecule has 0 aliphatic carbocycles. The van der Waals surface area contributed by atoms with Crippen LogP contribution in [-0.2, 0) is 6.42 Å². The van der Waals surface area contributed by atoms with Crippen LogP contribution in [0.5, 0.6) is 0 Å². The highest BCUT2D eigenvalue weighted by Crippen LogP contribution is 2.37. The number of fused-ring (bicyclic) bond motifs is 3. The smallest absolute Gasteiger partial charge is 0.274 e. The van der Waals surface area contributed by atoms with E-state index in [1.54, 1.807) is 0 Å². The van der Waals surface area contributed by atoms with Crippen molar-refractivity contribution in [1.82, 2.24) is 9.97 Å². The first-order valence-corrected chi connectivity index (χ1v) is 12.6. The van der Waals surface area contributed by atoms with Crippen molar-refractivity contribution in [3.05, 3.63) is 101 Å². The molecule has 2 aromatic heterocycles. The molecule has 6 rings (SSSR count). The normalized spacial score (nSPS) is 13.8. The lowest BCUT2D eigenvalue weighted by molar-refractivity contribution is 0.102. The number of nitrogens with zero attached hydrogens (tertiary/aromatic N) is 2. The van der Waals surface area contributed by atoms with Crippen LogP contribution in [0.4, 0.5) is 11.4 Å². The minimum atomic E-state index is -0.173. The van der Waals surface area contributed by atoms with Crippen molar-refractivity contribution >= 4 is 39.1 Å². The molecule has 36 heavy (non-hydrogen) atoms. The highest BCUT2D eigenvalue weighted by molar-refractivity contribution is 6.12. The van der Waals surface area contributed by atoms with Gasteiger partial charge in [0.25, 0.3) is 5.91 Å². The average Bonchev–Trinajstić information content (AvgIpc) is 3.24. The van der Waals surface area contributed by atoms with Crippen LogP contribution in [0.15, 0.2) is 72.8 Å². The Labute approximate surface area is 211 Å². The molecule has 0 saturated carbocycles. The van der Waals surface area contributed by atoms with Gasteiger partial charge in [-0.05, 0) is 61.2 Å². The first kappa shape index (κ1) is 22.4. The monoisotopic (exact) mass is 474 g/mol. The summed E-state index contributed by atoms with van der Waals surface area (Å²) in [6.45, 7) is 7.98. The number of anilines is 2. The van der Waals surface area contributed by atoms with Gasteiger partial charge in [-0.15, -0.1) is 0 Å². The maximum Gasteiger partial charge on any atom is 0.274 e. The number of carbonyl (C=O) groups is 1. The summed E-state index contributed by atoms with van der Waals surface area (Å²) >= 11 is 0. The fourth-order valence-corrected chi connectivity index (χ4v) is 5.31. The van der Waals surface area contributed by atoms with Crippen LogP contribution in [0.25, 0.3) is 21.8 Å². The van der Waals surface area contributed by atoms with Gasteiger partial charge in [-0.1, -0.05) is 55.5 Å². The number of rotatable bonds is 5. The standard InChI is InChI=1S/C31H30N4O/c1-4-21-11-8-12-23(15-21)35-17-22(18-35)29-30-25(24-13-5-6-14-26(24)32-30)16-27(33-29)31(36)34-28-19(2)9-7-10-20(28)3/h5-16,22,32H,4,17-18H2,1-3H3,(H,34,36). The van der Waals surface area contributed by atoms with E-state index in [4.69, 9.17) is 4.98 Å². The molecule has 1 amide bonds. The minimum Gasteiger partial charge on any atom is -0.370 e. The highest BCUT2D eigenvalue weighted by atomic mass is 16.1. The van der Waals surface area contributed by atoms with Crippen LogP contribution in [0.3, 0.4) is 0 Å². The van der Waals surface area contributed by atoms with E-state index in [0.29, 0.717) is 5.69 Å². The largest absolute Gasteiger partial charge is 0.370 e. The van der Waals surface area contributed by atoms with Gasteiger partial charge in [0.1, 0.15) is 5.69 Å². The topological polar surface area (TPSA) is 61.0 Å². The molecule has 5 aromatic rings. The Morgan fingerprint density at radius 1 is 0.972 bits per heavy atom. The summed E-state index contributed by atoms with van der Waals surface area (Å²) in [5.41, 5.74) is 9.06. The second-order valence-corrected chi connectivity index (χ2v) is 9.83. The lowest BCUT2D eigenvalue weighted by atomic mass is 9.92. The molecule has 0 atom stereocenters. The van der Waals surface area contributed by atoms with Crippen molar-refractivity contribution in [1.29, 1.82) is 0 Å². The molecule has 0 spiro atoms. The van der Waals surface area contributed by atoms with Gasteiger partial charge in [-0.2, -0.15) is 0 Å². The number of hydrogen-bond donors (Lipinski definition) is 2. The lowest BCUT2D eigenvalue weighted by Crippen LogP contribution is -2.45. The molecule has 0 radical (unpaired) electrons. The highest BCUT2D eigenvalue weighted by Gasteiger charge is 2.32. The molecule has 1 fully saturated rings. The third kappa shape index (κ3) is 3.81. The van der Waals surface area contributed by atoms with Crippen molar-refractivity contribution in [3.8, 4) is 0 Å². The van der Waals surface area contributed by atoms with E-state index in [9.17, 15) is 4.79 Å². The van der Waals surface area contributed by atoms with Gasteiger partial charge in [0.15, 0.2) is 0 Å². The Hall–Kier alpha value is -4.12. The summed E-state index contributed by atoms with van der Waals surface area (Å²) < 4.78 is 0. The summed E-state index contributed by atoms with van der Waals surface area (Å²) in [6, 6.07) is 25.0. The number of aromatic nitrogens is 2. The zero-order chi connectivity index (χ0) is 24.8. The zero-order valence-electron chi connectivity index (χ0n) is 20.9. The van der Waals surface area contributed by atoms with Crippen molar-refractivity contribution in [2.75, 3.05) is 23.3 Å². The molecule has 0 bridgehead atoms. The molecule has 1 saturated heterocycles. The predicted octanol–water partition coefficient (Wildman–Crippen LogP) is 6.75. The van der Waals surface area contributed by atoms with Gasteiger partial charge in [0.2, 0.25) is 0 Å². The number of hydrogen-bond acceptors (Lipinski definition) is 3. The molecule has 1 aliphatic heterocycles. The molecule has 5 heteroatoms. The molecule has 2 N–H and O–H groups in total. The van der Waals surface area contributed by atoms with E-state index in [-0.39, 0.29) is 11.8 Å². The molecule has 1 aliphatic rings. The third-order valence-corrected chi connectivity index (χ3v) is 7.43.